The van der Waals surface area contributed by atoms with E-state index in [0.717, 1.165) is 11.3 Å². The fraction of sp³-hybridized carbons (Fsp3) is 0.385. The summed E-state index contributed by atoms with van der Waals surface area (Å²) < 4.78 is 5.15. The first-order valence-corrected chi connectivity index (χ1v) is 5.84. The number of methoxy groups -OCH3 is 1. The van der Waals surface area contributed by atoms with Crippen molar-refractivity contribution in [3.63, 3.8) is 0 Å². The maximum atomic E-state index is 11.5. The second kappa shape index (κ2) is 5.18. The monoisotopic (exact) mass is 248 g/mol. The number of hydrogen-bond acceptors (Lipinski definition) is 4. The lowest BCUT2D eigenvalue weighted by molar-refractivity contribution is -0.125. The van der Waals surface area contributed by atoms with Crippen LogP contribution in [0.5, 0.6) is 5.75 Å². The summed E-state index contributed by atoms with van der Waals surface area (Å²) in [6, 6.07) is 7.15. The van der Waals surface area contributed by atoms with Gasteiger partial charge in [-0.1, -0.05) is 12.1 Å². The van der Waals surface area contributed by atoms with Gasteiger partial charge >= 0.3 is 0 Å². The van der Waals surface area contributed by atoms with E-state index in [4.69, 9.17) is 4.74 Å². The first kappa shape index (κ1) is 12.6. The molecule has 0 saturated carbocycles. The second-order valence-corrected chi connectivity index (χ2v) is 4.33. The Balaban J connectivity index is 2.05. The van der Waals surface area contributed by atoms with Gasteiger partial charge in [0, 0.05) is 6.04 Å². The normalized spacial score (nSPS) is 20.7. The molecule has 5 nitrogen and oxygen atoms in total. The Hall–Kier alpha value is -1.88. The summed E-state index contributed by atoms with van der Waals surface area (Å²) in [6.45, 7) is 1.95. The number of ether oxygens (including phenoxy) is 1. The van der Waals surface area contributed by atoms with E-state index in [1.54, 1.807) is 7.11 Å². The highest BCUT2D eigenvalue weighted by atomic mass is 16.5. The molecule has 1 aromatic rings. The summed E-state index contributed by atoms with van der Waals surface area (Å²) in [6.07, 6.45) is 0.202. The molecule has 0 aliphatic carbocycles. The molecule has 96 valence electrons. The molecule has 2 amide bonds. The molecule has 1 saturated heterocycles. The van der Waals surface area contributed by atoms with Crippen molar-refractivity contribution in [3.05, 3.63) is 29.8 Å². The second-order valence-electron chi connectivity index (χ2n) is 4.33. The smallest absolute Gasteiger partial charge is 0.244 e. The van der Waals surface area contributed by atoms with Crippen LogP contribution in [0.15, 0.2) is 24.3 Å². The van der Waals surface area contributed by atoms with Gasteiger partial charge in [0.25, 0.3) is 0 Å². The van der Waals surface area contributed by atoms with Crippen molar-refractivity contribution in [2.75, 3.05) is 7.11 Å². The zero-order valence-corrected chi connectivity index (χ0v) is 10.4. The summed E-state index contributed by atoms with van der Waals surface area (Å²) in [5.41, 5.74) is 1.02. The van der Waals surface area contributed by atoms with Gasteiger partial charge in [-0.25, -0.2) is 0 Å². The number of benzene rings is 1. The van der Waals surface area contributed by atoms with Crippen molar-refractivity contribution in [3.8, 4) is 5.75 Å². The van der Waals surface area contributed by atoms with Gasteiger partial charge in [0.2, 0.25) is 11.8 Å². The van der Waals surface area contributed by atoms with Crippen molar-refractivity contribution >= 4 is 11.8 Å². The van der Waals surface area contributed by atoms with Gasteiger partial charge in [-0.3, -0.25) is 20.2 Å². The number of rotatable bonds is 4. The molecule has 2 atom stereocenters. The molecule has 1 aliphatic heterocycles. The van der Waals surface area contributed by atoms with Gasteiger partial charge < -0.3 is 4.74 Å². The molecule has 1 aromatic carbocycles. The van der Waals surface area contributed by atoms with Crippen molar-refractivity contribution in [1.82, 2.24) is 10.6 Å². The van der Waals surface area contributed by atoms with Gasteiger partial charge in [-0.15, -0.1) is 0 Å². The quantitative estimate of drug-likeness (QED) is 0.772. The fourth-order valence-electron chi connectivity index (χ4n) is 2.00. The summed E-state index contributed by atoms with van der Waals surface area (Å²) >= 11 is 0. The average molecular weight is 248 g/mol. The van der Waals surface area contributed by atoms with Crippen molar-refractivity contribution in [2.45, 2.75) is 25.4 Å². The lowest BCUT2D eigenvalue weighted by Crippen LogP contribution is -2.37. The molecule has 0 spiro atoms. The van der Waals surface area contributed by atoms with Crippen LogP contribution in [0.4, 0.5) is 0 Å². The van der Waals surface area contributed by atoms with Crippen LogP contribution in [0.25, 0.3) is 0 Å². The van der Waals surface area contributed by atoms with Crippen LogP contribution in [0, 0.1) is 0 Å². The summed E-state index contributed by atoms with van der Waals surface area (Å²) in [5, 5.41) is 5.42. The number of imide groups is 1. The summed E-state index contributed by atoms with van der Waals surface area (Å²) in [4.78, 5) is 22.5. The van der Waals surface area contributed by atoms with Gasteiger partial charge in [0.15, 0.2) is 0 Å². The van der Waals surface area contributed by atoms with Crippen molar-refractivity contribution in [1.29, 1.82) is 0 Å². The summed E-state index contributed by atoms with van der Waals surface area (Å²) in [7, 11) is 1.61. The van der Waals surface area contributed by atoms with E-state index in [-0.39, 0.29) is 24.3 Å². The van der Waals surface area contributed by atoms with Crippen LogP contribution in [-0.4, -0.2) is 25.0 Å². The number of amides is 2. The molecule has 2 N–H and O–H groups in total. The molecule has 2 unspecified atom stereocenters. The number of nitrogens with one attached hydrogen (secondary N) is 2. The standard InChI is InChI=1S/C13H16N2O3/c1-8(9-4-3-5-10(6-9)18-2)14-11-7-12(16)15-13(11)17/h3-6,8,11,14H,7H2,1-2H3,(H,15,16,17). The molecule has 5 heteroatoms. The highest BCUT2D eigenvalue weighted by Gasteiger charge is 2.31. The lowest BCUT2D eigenvalue weighted by Gasteiger charge is -2.18. The highest BCUT2D eigenvalue weighted by Crippen LogP contribution is 2.20. The number of hydrogen-bond donors (Lipinski definition) is 2. The Labute approximate surface area is 106 Å². The van der Waals surface area contributed by atoms with Crippen LogP contribution >= 0.6 is 0 Å². The predicted octanol–water partition coefficient (Wildman–Crippen LogP) is 0.761. The SMILES string of the molecule is COc1cccc(C(C)NC2CC(=O)NC2=O)c1. The maximum absolute atomic E-state index is 11.5. The van der Waals surface area contributed by atoms with E-state index in [2.05, 4.69) is 10.6 Å². The predicted molar refractivity (Wildman–Crippen MR) is 66.1 cm³/mol. The van der Waals surface area contributed by atoms with Gasteiger partial charge in [-0.05, 0) is 24.6 Å². The Kier molecular flexibility index (Phi) is 3.62. The van der Waals surface area contributed by atoms with Crippen molar-refractivity contribution in [2.24, 2.45) is 0 Å². The molecular weight excluding hydrogens is 232 g/mol. The van der Waals surface area contributed by atoms with Gasteiger partial charge in [0.05, 0.1) is 19.6 Å². The van der Waals surface area contributed by atoms with Gasteiger partial charge in [0.1, 0.15) is 5.75 Å². The first-order valence-electron chi connectivity index (χ1n) is 5.84. The van der Waals surface area contributed by atoms with Crippen LogP contribution in [0.2, 0.25) is 0 Å². The minimum Gasteiger partial charge on any atom is -0.497 e. The van der Waals surface area contributed by atoms with E-state index >= 15 is 0 Å². The van der Waals surface area contributed by atoms with E-state index in [0.29, 0.717) is 0 Å². The minimum absolute atomic E-state index is 0.0262. The molecular formula is C13H16N2O3. The average Bonchev–Trinajstić information content (AvgIpc) is 2.68. The zero-order valence-electron chi connectivity index (χ0n) is 10.4. The number of carbonyl (C=O) groups excluding carboxylic acids is 2. The van der Waals surface area contributed by atoms with Crippen LogP contribution < -0.4 is 15.4 Å². The maximum Gasteiger partial charge on any atom is 0.244 e. The molecule has 1 heterocycles. The molecule has 1 aliphatic rings. The molecule has 0 aromatic heterocycles. The van der Waals surface area contributed by atoms with Crippen LogP contribution in [0.1, 0.15) is 24.9 Å². The Morgan fingerprint density at radius 1 is 1.44 bits per heavy atom. The Morgan fingerprint density at radius 3 is 2.83 bits per heavy atom. The zero-order chi connectivity index (χ0) is 13.1. The van der Waals surface area contributed by atoms with E-state index in [1.807, 2.05) is 31.2 Å². The van der Waals surface area contributed by atoms with E-state index in [9.17, 15) is 9.59 Å². The number of carbonyl (C=O) groups is 2. The Morgan fingerprint density at radius 2 is 2.22 bits per heavy atom. The molecule has 1 fully saturated rings. The third-order valence-corrected chi connectivity index (χ3v) is 3.01. The van der Waals surface area contributed by atoms with E-state index in [1.165, 1.54) is 0 Å². The fourth-order valence-corrected chi connectivity index (χ4v) is 2.00. The lowest BCUT2D eigenvalue weighted by atomic mass is 10.1. The Bertz CT molecular complexity index is 473. The van der Waals surface area contributed by atoms with Gasteiger partial charge in [-0.2, -0.15) is 0 Å². The van der Waals surface area contributed by atoms with E-state index < -0.39 is 6.04 Å². The van der Waals surface area contributed by atoms with Crippen LogP contribution in [0.3, 0.4) is 0 Å². The summed E-state index contributed by atoms with van der Waals surface area (Å²) in [5.74, 6) is 0.290. The van der Waals surface area contributed by atoms with Crippen LogP contribution in [-0.2, 0) is 9.59 Å². The molecule has 18 heavy (non-hydrogen) atoms. The molecule has 2 rings (SSSR count). The highest BCUT2D eigenvalue weighted by molar-refractivity contribution is 6.05. The third kappa shape index (κ3) is 2.68. The minimum atomic E-state index is -0.446. The molecule has 0 bridgehead atoms. The molecule has 0 radical (unpaired) electrons. The van der Waals surface area contributed by atoms with Crippen molar-refractivity contribution < 1.29 is 14.3 Å². The first-order chi connectivity index (χ1) is 8.60. The topological polar surface area (TPSA) is 67.4 Å². The third-order valence-electron chi connectivity index (χ3n) is 3.01. The largest absolute Gasteiger partial charge is 0.497 e.